The lowest BCUT2D eigenvalue weighted by molar-refractivity contribution is -0.130. The fraction of sp³-hybridized carbons (Fsp3) is 0.933. The molecular formula is C15H29N3O. The average molecular weight is 267 g/mol. The molecule has 2 N–H and O–H groups in total. The molecule has 3 unspecified atom stereocenters. The van der Waals surface area contributed by atoms with E-state index in [0.717, 1.165) is 24.9 Å². The van der Waals surface area contributed by atoms with Gasteiger partial charge in [0.2, 0.25) is 5.91 Å². The molecular weight excluding hydrogens is 238 g/mol. The summed E-state index contributed by atoms with van der Waals surface area (Å²) in [5, 5.41) is 0. The van der Waals surface area contributed by atoms with Gasteiger partial charge in [0, 0.05) is 39.6 Å². The van der Waals surface area contributed by atoms with Crippen LogP contribution in [0.4, 0.5) is 0 Å². The van der Waals surface area contributed by atoms with Crippen LogP contribution < -0.4 is 5.73 Å². The molecule has 0 aromatic rings. The number of fused-ring (bicyclic) bond motifs is 1. The van der Waals surface area contributed by atoms with Crippen LogP contribution in [0.5, 0.6) is 0 Å². The molecule has 0 bridgehead atoms. The van der Waals surface area contributed by atoms with E-state index in [2.05, 4.69) is 4.90 Å². The zero-order valence-corrected chi connectivity index (χ0v) is 12.5. The third kappa shape index (κ3) is 3.69. The lowest BCUT2D eigenvalue weighted by atomic mass is 9.75. The summed E-state index contributed by atoms with van der Waals surface area (Å²) in [5.41, 5.74) is 5.91. The maximum atomic E-state index is 11.9. The van der Waals surface area contributed by atoms with Crippen molar-refractivity contribution in [3.8, 4) is 0 Å². The van der Waals surface area contributed by atoms with E-state index in [4.69, 9.17) is 5.73 Å². The summed E-state index contributed by atoms with van der Waals surface area (Å²) in [6.07, 6.45) is 7.47. The summed E-state index contributed by atoms with van der Waals surface area (Å²) in [7, 11) is 3.65. The monoisotopic (exact) mass is 267 g/mol. The third-order valence-electron chi connectivity index (χ3n) is 5.02. The van der Waals surface area contributed by atoms with Crippen LogP contribution in [0.3, 0.4) is 0 Å². The maximum absolute atomic E-state index is 11.9. The predicted octanol–water partition coefficient (Wildman–Crippen LogP) is 1.30. The van der Waals surface area contributed by atoms with Crippen LogP contribution in [0.15, 0.2) is 0 Å². The summed E-state index contributed by atoms with van der Waals surface area (Å²) >= 11 is 0. The second kappa shape index (κ2) is 6.71. The summed E-state index contributed by atoms with van der Waals surface area (Å²) < 4.78 is 0. The smallest absolute Gasteiger partial charge is 0.223 e. The van der Waals surface area contributed by atoms with Crippen molar-refractivity contribution in [1.82, 2.24) is 9.80 Å². The fourth-order valence-corrected chi connectivity index (χ4v) is 3.71. The van der Waals surface area contributed by atoms with E-state index in [1.807, 2.05) is 14.1 Å². The molecule has 0 radical (unpaired) electrons. The standard InChI is InChI=1S/C15H29N3O/c1-17(2)15(19)9-14(10-16)18-8-7-12-5-3-4-6-13(12)11-18/h12-14H,3-11,16H2,1-2H3. The number of hydrogen-bond donors (Lipinski definition) is 1. The van der Waals surface area contributed by atoms with Crippen LogP contribution in [0, 0.1) is 11.8 Å². The number of nitrogens with zero attached hydrogens (tertiary/aromatic N) is 2. The molecule has 1 saturated heterocycles. The Morgan fingerprint density at radius 2 is 1.95 bits per heavy atom. The lowest BCUT2D eigenvalue weighted by Crippen LogP contribution is -2.50. The third-order valence-corrected chi connectivity index (χ3v) is 5.02. The van der Waals surface area contributed by atoms with E-state index in [1.165, 1.54) is 32.1 Å². The van der Waals surface area contributed by atoms with Crippen LogP contribution in [0.25, 0.3) is 0 Å². The van der Waals surface area contributed by atoms with Gasteiger partial charge in [0.25, 0.3) is 0 Å². The quantitative estimate of drug-likeness (QED) is 0.835. The van der Waals surface area contributed by atoms with Gasteiger partial charge in [-0.25, -0.2) is 0 Å². The van der Waals surface area contributed by atoms with Crippen molar-refractivity contribution in [3.05, 3.63) is 0 Å². The lowest BCUT2D eigenvalue weighted by Gasteiger charge is -2.44. The molecule has 1 aliphatic heterocycles. The minimum atomic E-state index is 0.196. The van der Waals surface area contributed by atoms with Crippen molar-refractivity contribution in [3.63, 3.8) is 0 Å². The molecule has 1 aliphatic carbocycles. The normalized spacial score (nSPS) is 29.6. The van der Waals surface area contributed by atoms with E-state index in [0.29, 0.717) is 13.0 Å². The zero-order valence-electron chi connectivity index (χ0n) is 12.5. The van der Waals surface area contributed by atoms with Gasteiger partial charge in [-0.1, -0.05) is 19.3 Å². The Labute approximate surface area is 117 Å². The highest BCUT2D eigenvalue weighted by Crippen LogP contribution is 2.36. The minimum absolute atomic E-state index is 0.196. The molecule has 2 fully saturated rings. The largest absolute Gasteiger partial charge is 0.349 e. The molecule has 1 heterocycles. The van der Waals surface area contributed by atoms with Crippen molar-refractivity contribution in [2.75, 3.05) is 33.7 Å². The van der Waals surface area contributed by atoms with Crippen LogP contribution in [0.2, 0.25) is 0 Å². The Balaban J connectivity index is 1.90. The first-order valence-electron chi connectivity index (χ1n) is 7.76. The van der Waals surface area contributed by atoms with Crippen molar-refractivity contribution < 1.29 is 4.79 Å². The van der Waals surface area contributed by atoms with Gasteiger partial charge in [0.15, 0.2) is 0 Å². The molecule has 19 heavy (non-hydrogen) atoms. The molecule has 2 rings (SSSR count). The second-order valence-electron chi connectivity index (χ2n) is 6.47. The molecule has 3 atom stereocenters. The number of amides is 1. The van der Waals surface area contributed by atoms with Crippen molar-refractivity contribution in [1.29, 1.82) is 0 Å². The highest BCUT2D eigenvalue weighted by molar-refractivity contribution is 5.76. The maximum Gasteiger partial charge on any atom is 0.223 e. The van der Waals surface area contributed by atoms with Crippen LogP contribution in [0.1, 0.15) is 38.5 Å². The molecule has 4 heteroatoms. The first-order chi connectivity index (χ1) is 9.11. The number of hydrogen-bond acceptors (Lipinski definition) is 3. The van der Waals surface area contributed by atoms with Crippen molar-refractivity contribution in [2.24, 2.45) is 17.6 Å². The van der Waals surface area contributed by atoms with Gasteiger partial charge in [-0.2, -0.15) is 0 Å². The van der Waals surface area contributed by atoms with Crippen LogP contribution in [-0.2, 0) is 4.79 Å². The Hall–Kier alpha value is -0.610. The number of carbonyl (C=O) groups excluding carboxylic acids is 1. The van der Waals surface area contributed by atoms with Crippen molar-refractivity contribution >= 4 is 5.91 Å². The predicted molar refractivity (Wildman–Crippen MR) is 77.8 cm³/mol. The number of likely N-dealkylation sites (tertiary alicyclic amines) is 1. The zero-order chi connectivity index (χ0) is 13.8. The van der Waals surface area contributed by atoms with E-state index >= 15 is 0 Å². The van der Waals surface area contributed by atoms with Gasteiger partial charge in [0.1, 0.15) is 0 Å². The number of carbonyl (C=O) groups is 1. The molecule has 1 amide bonds. The van der Waals surface area contributed by atoms with Crippen LogP contribution in [-0.4, -0.2) is 55.5 Å². The molecule has 0 spiro atoms. The van der Waals surface area contributed by atoms with Crippen molar-refractivity contribution in [2.45, 2.75) is 44.6 Å². The van der Waals surface area contributed by atoms with Gasteiger partial charge < -0.3 is 10.6 Å². The average Bonchev–Trinajstić information content (AvgIpc) is 2.43. The summed E-state index contributed by atoms with van der Waals surface area (Å²) in [5.74, 6) is 1.99. The number of piperidine rings is 1. The van der Waals surface area contributed by atoms with Gasteiger partial charge in [0.05, 0.1) is 0 Å². The second-order valence-corrected chi connectivity index (χ2v) is 6.47. The van der Waals surface area contributed by atoms with Gasteiger partial charge in [-0.15, -0.1) is 0 Å². The van der Waals surface area contributed by atoms with Gasteiger partial charge in [-0.3, -0.25) is 9.69 Å². The topological polar surface area (TPSA) is 49.6 Å². The minimum Gasteiger partial charge on any atom is -0.349 e. The molecule has 2 aliphatic rings. The highest BCUT2D eigenvalue weighted by atomic mass is 16.2. The molecule has 0 aromatic carbocycles. The van der Waals surface area contributed by atoms with Gasteiger partial charge >= 0.3 is 0 Å². The number of rotatable bonds is 4. The Morgan fingerprint density at radius 1 is 1.26 bits per heavy atom. The first-order valence-corrected chi connectivity index (χ1v) is 7.76. The first kappa shape index (κ1) is 14.8. The number of nitrogens with two attached hydrogens (primary N) is 1. The van der Waals surface area contributed by atoms with E-state index in [-0.39, 0.29) is 11.9 Å². The van der Waals surface area contributed by atoms with Crippen LogP contribution >= 0.6 is 0 Å². The summed E-state index contributed by atoms with van der Waals surface area (Å²) in [6, 6.07) is 0.234. The van der Waals surface area contributed by atoms with E-state index in [1.54, 1.807) is 4.90 Å². The van der Waals surface area contributed by atoms with E-state index < -0.39 is 0 Å². The Kier molecular flexibility index (Phi) is 5.22. The Morgan fingerprint density at radius 3 is 2.58 bits per heavy atom. The Bertz CT molecular complexity index is 306. The SMILES string of the molecule is CN(C)C(=O)CC(CN)N1CCC2CCCCC2C1. The van der Waals surface area contributed by atoms with Gasteiger partial charge in [-0.05, 0) is 31.2 Å². The fourth-order valence-electron chi connectivity index (χ4n) is 3.71. The molecule has 0 aromatic heterocycles. The highest BCUT2D eigenvalue weighted by Gasteiger charge is 2.34. The molecule has 4 nitrogen and oxygen atoms in total. The molecule has 110 valence electrons. The summed E-state index contributed by atoms with van der Waals surface area (Å²) in [4.78, 5) is 16.0. The summed E-state index contributed by atoms with van der Waals surface area (Å²) in [6.45, 7) is 2.88. The van der Waals surface area contributed by atoms with E-state index in [9.17, 15) is 4.79 Å². The molecule has 1 saturated carbocycles.